The van der Waals surface area contributed by atoms with E-state index in [1.807, 2.05) is 42.8 Å². The number of primary amides is 1. The third-order valence-electron chi connectivity index (χ3n) is 6.13. The number of halogens is 1. The van der Waals surface area contributed by atoms with Gasteiger partial charge in [-0.15, -0.1) is 0 Å². The zero-order valence-electron chi connectivity index (χ0n) is 19.0. The average molecular weight is 463 g/mol. The van der Waals surface area contributed by atoms with E-state index in [9.17, 15) is 9.18 Å². The van der Waals surface area contributed by atoms with Crippen molar-refractivity contribution in [3.63, 3.8) is 0 Å². The predicted molar refractivity (Wildman–Crippen MR) is 130 cm³/mol. The topological polar surface area (TPSA) is 73.8 Å². The van der Waals surface area contributed by atoms with Gasteiger partial charge in [-0.25, -0.2) is 14.4 Å². The van der Waals surface area contributed by atoms with Crippen LogP contribution in [-0.2, 0) is 22.5 Å². The van der Waals surface area contributed by atoms with Crippen molar-refractivity contribution in [3.05, 3.63) is 88.9 Å². The second kappa shape index (κ2) is 9.35. The molecule has 170 valence electrons. The molecule has 0 bridgehead atoms. The van der Waals surface area contributed by atoms with Gasteiger partial charge in [-0.05, 0) is 66.3 Å². The number of amides is 1. The number of nitrogens with two attached hydrogens (primary N) is 1. The van der Waals surface area contributed by atoms with Crippen LogP contribution in [0, 0.1) is 12.7 Å². The number of imidazole rings is 1. The molecule has 0 saturated heterocycles. The monoisotopic (exact) mass is 462 g/mol. The van der Waals surface area contributed by atoms with E-state index in [4.69, 9.17) is 10.7 Å². The van der Waals surface area contributed by atoms with Gasteiger partial charge < -0.3 is 10.3 Å². The van der Waals surface area contributed by atoms with Crippen LogP contribution in [0.25, 0.3) is 11.5 Å². The van der Waals surface area contributed by atoms with Crippen LogP contribution in [0.4, 0.5) is 4.39 Å². The normalized spacial score (nSPS) is 13.2. The Balaban J connectivity index is 1.79. The molecule has 5 nitrogen and oxygen atoms in total. The van der Waals surface area contributed by atoms with Crippen molar-refractivity contribution in [2.45, 2.75) is 50.1 Å². The van der Waals surface area contributed by atoms with Crippen molar-refractivity contribution in [1.82, 2.24) is 14.5 Å². The first kappa shape index (κ1) is 23.0. The second-order valence-corrected chi connectivity index (χ2v) is 9.03. The molecule has 0 radical (unpaired) electrons. The molecule has 0 aromatic heterocycles. The summed E-state index contributed by atoms with van der Waals surface area (Å²) in [5.74, 6) is 0.538. The summed E-state index contributed by atoms with van der Waals surface area (Å²) < 4.78 is 15.1. The Morgan fingerprint density at radius 1 is 1.09 bits per heavy atom. The maximum Gasteiger partial charge on any atom is 0.248 e. The number of aryl methyl sites for hydroxylation is 2. The highest BCUT2D eigenvalue weighted by Crippen LogP contribution is 2.37. The SMILES string of the molecule is CCc1ccc(C)c(C(CC)(C(N)=O)n2cccc3nc(SCc4ccc(F)cc4)nc2-3)c1. The maximum atomic E-state index is 13.2. The van der Waals surface area contributed by atoms with Gasteiger partial charge in [0, 0.05) is 11.9 Å². The molecule has 0 spiro atoms. The van der Waals surface area contributed by atoms with Gasteiger partial charge in [0.1, 0.15) is 17.1 Å². The van der Waals surface area contributed by atoms with E-state index in [0.29, 0.717) is 28.8 Å². The van der Waals surface area contributed by atoms with E-state index in [0.717, 1.165) is 28.7 Å². The highest BCUT2D eigenvalue weighted by atomic mass is 32.2. The standard InChI is InChI=1S/C26H27FN4OS/c1-4-18-9-8-17(3)21(15-18)26(5-2,24(28)32)31-14-6-7-22-23(31)30-25(29-22)33-16-19-10-12-20(27)13-11-19/h6-15H,4-5,16H2,1-3H3,(H2,28,32). The van der Waals surface area contributed by atoms with Crippen LogP contribution < -0.4 is 5.73 Å². The molecule has 2 aliphatic heterocycles. The number of nitrogens with zero attached hydrogens (tertiary/aromatic N) is 3. The molecular formula is C26H27FN4OS. The minimum atomic E-state index is -1.09. The molecule has 1 atom stereocenters. The number of benzene rings is 2. The van der Waals surface area contributed by atoms with Gasteiger partial charge in [-0.2, -0.15) is 0 Å². The van der Waals surface area contributed by atoms with E-state index in [1.165, 1.54) is 23.9 Å². The first-order chi connectivity index (χ1) is 15.9. The smallest absolute Gasteiger partial charge is 0.248 e. The summed E-state index contributed by atoms with van der Waals surface area (Å²) in [5.41, 5.74) is 9.73. The molecular weight excluding hydrogens is 435 g/mol. The number of fused-ring (bicyclic) bond motifs is 1. The first-order valence-electron chi connectivity index (χ1n) is 11.0. The molecule has 0 aliphatic carbocycles. The van der Waals surface area contributed by atoms with Gasteiger partial charge in [-0.3, -0.25) is 4.79 Å². The summed E-state index contributed by atoms with van der Waals surface area (Å²) in [6.07, 6.45) is 3.20. The Kier molecular flexibility index (Phi) is 6.51. The van der Waals surface area contributed by atoms with E-state index >= 15 is 0 Å². The lowest BCUT2D eigenvalue weighted by atomic mass is 9.81. The van der Waals surface area contributed by atoms with Gasteiger partial charge in [0.05, 0.1) is 0 Å². The van der Waals surface area contributed by atoms with Crippen molar-refractivity contribution < 1.29 is 9.18 Å². The highest BCUT2D eigenvalue weighted by Gasteiger charge is 2.42. The average Bonchev–Trinajstić information content (AvgIpc) is 3.24. The quantitative estimate of drug-likeness (QED) is 0.360. The van der Waals surface area contributed by atoms with Crippen molar-refractivity contribution >= 4 is 17.7 Å². The summed E-state index contributed by atoms with van der Waals surface area (Å²) in [6, 6.07) is 16.4. The first-order valence-corrected chi connectivity index (χ1v) is 12.0. The summed E-state index contributed by atoms with van der Waals surface area (Å²) in [5, 5.41) is 0.600. The van der Waals surface area contributed by atoms with E-state index in [-0.39, 0.29) is 5.82 Å². The number of carbonyl (C=O) groups excluding carboxylic acids is 1. The van der Waals surface area contributed by atoms with Gasteiger partial charge in [-0.1, -0.05) is 55.9 Å². The lowest BCUT2D eigenvalue weighted by molar-refractivity contribution is -0.124. The Morgan fingerprint density at radius 3 is 2.48 bits per heavy atom. The van der Waals surface area contributed by atoms with Crippen molar-refractivity contribution in [2.75, 3.05) is 0 Å². The van der Waals surface area contributed by atoms with Crippen LogP contribution in [0.3, 0.4) is 0 Å². The lowest BCUT2D eigenvalue weighted by Gasteiger charge is -2.35. The Hall–Kier alpha value is -3.19. The van der Waals surface area contributed by atoms with Gasteiger partial charge in [0.15, 0.2) is 11.0 Å². The van der Waals surface area contributed by atoms with Gasteiger partial charge in [0.2, 0.25) is 5.91 Å². The van der Waals surface area contributed by atoms with Crippen LogP contribution in [0.15, 0.2) is 66.0 Å². The van der Waals surface area contributed by atoms with Crippen LogP contribution in [0.2, 0.25) is 0 Å². The third-order valence-corrected chi connectivity index (χ3v) is 7.05. The molecule has 1 unspecified atom stereocenters. The number of thioether (sulfide) groups is 1. The van der Waals surface area contributed by atoms with Crippen LogP contribution >= 0.6 is 11.8 Å². The summed E-state index contributed by atoms with van der Waals surface area (Å²) in [4.78, 5) is 22.6. The molecule has 2 heterocycles. The lowest BCUT2D eigenvalue weighted by Crippen LogP contribution is -2.48. The number of hydrogen-bond donors (Lipinski definition) is 1. The minimum absolute atomic E-state index is 0.259. The summed E-state index contributed by atoms with van der Waals surface area (Å²) in [7, 11) is 0. The van der Waals surface area contributed by atoms with Crippen molar-refractivity contribution in [2.24, 2.45) is 5.73 Å². The van der Waals surface area contributed by atoms with E-state index in [1.54, 1.807) is 12.1 Å². The maximum absolute atomic E-state index is 13.2. The summed E-state index contributed by atoms with van der Waals surface area (Å²) in [6.45, 7) is 6.06. The Morgan fingerprint density at radius 2 is 1.82 bits per heavy atom. The van der Waals surface area contributed by atoms with Gasteiger partial charge in [0.25, 0.3) is 0 Å². The Labute approximate surface area is 197 Å². The fourth-order valence-corrected chi connectivity index (χ4v) is 5.06. The molecule has 0 saturated carbocycles. The van der Waals surface area contributed by atoms with Crippen molar-refractivity contribution in [3.8, 4) is 11.5 Å². The number of hydrogen-bond acceptors (Lipinski definition) is 4. The number of carbonyl (C=O) groups is 1. The molecule has 0 fully saturated rings. The number of pyridine rings is 1. The highest BCUT2D eigenvalue weighted by molar-refractivity contribution is 7.98. The van der Waals surface area contributed by atoms with Crippen LogP contribution in [0.1, 0.15) is 42.5 Å². The zero-order chi connectivity index (χ0) is 23.6. The van der Waals surface area contributed by atoms with E-state index in [2.05, 4.69) is 24.0 Å². The van der Waals surface area contributed by atoms with Crippen LogP contribution in [0.5, 0.6) is 0 Å². The molecule has 4 rings (SSSR count). The fourth-order valence-electron chi connectivity index (χ4n) is 4.26. The molecule has 2 aromatic rings. The molecule has 7 heteroatoms. The zero-order valence-corrected chi connectivity index (χ0v) is 19.8. The Bertz CT molecular complexity index is 1250. The molecule has 2 N–H and O–H groups in total. The largest absolute Gasteiger partial charge is 0.367 e. The van der Waals surface area contributed by atoms with Gasteiger partial charge >= 0.3 is 0 Å². The number of rotatable bonds is 8. The summed E-state index contributed by atoms with van der Waals surface area (Å²) >= 11 is 1.47. The molecule has 2 aromatic carbocycles. The van der Waals surface area contributed by atoms with Crippen LogP contribution in [-0.4, -0.2) is 20.4 Å². The molecule has 33 heavy (non-hydrogen) atoms. The molecule has 2 aliphatic rings. The van der Waals surface area contributed by atoms with E-state index < -0.39 is 11.4 Å². The molecule has 1 amide bonds. The second-order valence-electron chi connectivity index (χ2n) is 8.09. The fraction of sp³-hybridized carbons (Fsp3) is 0.269. The predicted octanol–water partition coefficient (Wildman–Crippen LogP) is 5.32. The third kappa shape index (κ3) is 4.25. The van der Waals surface area contributed by atoms with Crippen molar-refractivity contribution in [1.29, 1.82) is 0 Å². The number of aromatic nitrogens is 3. The minimum Gasteiger partial charge on any atom is -0.367 e.